The first kappa shape index (κ1) is 15.4. The summed E-state index contributed by atoms with van der Waals surface area (Å²) < 4.78 is 39.4. The van der Waals surface area contributed by atoms with Gasteiger partial charge in [0, 0.05) is 25.0 Å². The van der Waals surface area contributed by atoms with Crippen LogP contribution in [0.3, 0.4) is 0 Å². The van der Waals surface area contributed by atoms with Crippen molar-refractivity contribution in [3.8, 4) is 5.69 Å². The number of hydrogen-bond acceptors (Lipinski definition) is 3. The molecule has 0 fully saturated rings. The van der Waals surface area contributed by atoms with E-state index in [0.29, 0.717) is 17.1 Å². The van der Waals surface area contributed by atoms with Crippen LogP contribution in [0.5, 0.6) is 0 Å². The van der Waals surface area contributed by atoms with Gasteiger partial charge in [0.2, 0.25) is 0 Å². The molecule has 1 aromatic heterocycles. The smallest absolute Gasteiger partial charge is 0.360 e. The molecule has 0 bridgehead atoms. The minimum atomic E-state index is -4.41. The number of aromatic nitrogens is 2. The number of halogens is 3. The summed E-state index contributed by atoms with van der Waals surface area (Å²) in [6.45, 7) is 0. The average molecular weight is 346 g/mol. The molecule has 5 nitrogen and oxygen atoms in total. The van der Waals surface area contributed by atoms with Crippen LogP contribution in [0.1, 0.15) is 11.3 Å². The third kappa shape index (κ3) is 2.37. The molecule has 8 heteroatoms. The van der Waals surface area contributed by atoms with Gasteiger partial charge in [-0.25, -0.2) is 4.68 Å². The number of H-pyrrole nitrogens is 1. The molecule has 0 aliphatic carbocycles. The summed E-state index contributed by atoms with van der Waals surface area (Å²) in [7, 11) is 1.74. The molecule has 2 aliphatic heterocycles. The van der Waals surface area contributed by atoms with E-state index in [2.05, 4.69) is 10.4 Å². The lowest BCUT2D eigenvalue weighted by atomic mass is 10.0. The van der Waals surface area contributed by atoms with Gasteiger partial charge in [-0.2, -0.15) is 13.2 Å². The fraction of sp³-hybridized carbons (Fsp3) is 0.118. The van der Waals surface area contributed by atoms with Crippen molar-refractivity contribution in [1.82, 2.24) is 15.1 Å². The van der Waals surface area contributed by atoms with E-state index < -0.39 is 11.7 Å². The van der Waals surface area contributed by atoms with Gasteiger partial charge in [-0.15, -0.1) is 0 Å². The second-order valence-corrected chi connectivity index (χ2v) is 5.76. The van der Waals surface area contributed by atoms with Gasteiger partial charge in [0.05, 0.1) is 22.6 Å². The molecule has 4 rings (SSSR count). The Balaban J connectivity index is 1.83. The minimum Gasteiger partial charge on any atom is -0.360 e. The molecular weight excluding hydrogens is 333 g/mol. The highest BCUT2D eigenvalue weighted by Gasteiger charge is 2.31. The average Bonchev–Trinajstić information content (AvgIpc) is 2.93. The van der Waals surface area contributed by atoms with E-state index in [1.807, 2.05) is 12.2 Å². The lowest BCUT2D eigenvalue weighted by Crippen LogP contribution is -2.26. The molecule has 3 heterocycles. The van der Waals surface area contributed by atoms with Crippen LogP contribution in [0, 0.1) is 0 Å². The predicted octanol–water partition coefficient (Wildman–Crippen LogP) is 2.98. The van der Waals surface area contributed by atoms with Crippen molar-refractivity contribution in [2.75, 3.05) is 11.9 Å². The van der Waals surface area contributed by atoms with Gasteiger partial charge in [0.1, 0.15) is 5.69 Å². The van der Waals surface area contributed by atoms with Crippen molar-refractivity contribution in [3.63, 3.8) is 0 Å². The molecule has 128 valence electrons. The van der Waals surface area contributed by atoms with Gasteiger partial charge in [-0.1, -0.05) is 0 Å². The lowest BCUT2D eigenvalue weighted by molar-refractivity contribution is -0.137. The number of alkyl halides is 3. The number of nitrogens with one attached hydrogen (secondary N) is 2. The first-order valence-corrected chi connectivity index (χ1v) is 7.47. The van der Waals surface area contributed by atoms with E-state index in [0.717, 1.165) is 23.4 Å². The standard InChI is InChI=1S/C17H13F3N4O/c1-23-9-13-12(3-2-8-21-13)14-15(23)16(25)24(22-14)11-6-4-10(5-7-11)17(18,19)20/h2-9,21-22H,1H3. The maximum Gasteiger partial charge on any atom is 0.416 e. The monoisotopic (exact) mass is 346 g/mol. The zero-order valence-electron chi connectivity index (χ0n) is 13.1. The highest BCUT2D eigenvalue weighted by molar-refractivity contribution is 5.88. The predicted molar refractivity (Wildman–Crippen MR) is 88.1 cm³/mol. The number of nitrogens with zero attached hydrogens (tertiary/aromatic N) is 2. The van der Waals surface area contributed by atoms with Gasteiger partial charge in [-0.05, 0) is 36.4 Å². The molecule has 0 saturated carbocycles. The maximum absolute atomic E-state index is 12.8. The molecule has 0 amide bonds. The number of allylic oxidation sites excluding steroid dienone is 3. The molecule has 0 radical (unpaired) electrons. The molecule has 0 saturated heterocycles. The number of hydrogen-bond donors (Lipinski definition) is 2. The van der Waals surface area contributed by atoms with Crippen LogP contribution in [0.25, 0.3) is 11.3 Å². The Labute approximate surface area is 140 Å². The molecule has 0 unspecified atom stereocenters. The fourth-order valence-corrected chi connectivity index (χ4v) is 2.96. The first-order valence-electron chi connectivity index (χ1n) is 7.47. The van der Waals surface area contributed by atoms with E-state index in [4.69, 9.17) is 0 Å². The molecule has 0 atom stereocenters. The van der Waals surface area contributed by atoms with Crippen LogP contribution in [-0.4, -0.2) is 16.8 Å². The number of dihydropyridines is 1. The number of anilines is 1. The maximum atomic E-state index is 12.8. The molecule has 25 heavy (non-hydrogen) atoms. The Morgan fingerprint density at radius 1 is 1.12 bits per heavy atom. The molecule has 1 aromatic carbocycles. The largest absolute Gasteiger partial charge is 0.416 e. The summed E-state index contributed by atoms with van der Waals surface area (Å²) in [5.41, 5.74) is 1.95. The topological polar surface area (TPSA) is 53.1 Å². The van der Waals surface area contributed by atoms with E-state index in [1.54, 1.807) is 24.3 Å². The summed E-state index contributed by atoms with van der Waals surface area (Å²) in [6, 6.07) is 4.46. The van der Waals surface area contributed by atoms with Crippen molar-refractivity contribution < 1.29 is 13.2 Å². The zero-order chi connectivity index (χ0) is 17.8. The van der Waals surface area contributed by atoms with Crippen molar-refractivity contribution in [2.45, 2.75) is 6.18 Å². The highest BCUT2D eigenvalue weighted by Crippen LogP contribution is 2.34. The van der Waals surface area contributed by atoms with Crippen LogP contribution in [-0.2, 0) is 6.18 Å². The Kier molecular flexibility index (Phi) is 3.18. The highest BCUT2D eigenvalue weighted by atomic mass is 19.4. The number of fused-ring (bicyclic) bond motifs is 3. The Morgan fingerprint density at radius 2 is 1.84 bits per heavy atom. The number of benzene rings is 1. The fourth-order valence-electron chi connectivity index (χ4n) is 2.96. The summed E-state index contributed by atoms with van der Waals surface area (Å²) >= 11 is 0. The summed E-state index contributed by atoms with van der Waals surface area (Å²) in [4.78, 5) is 14.4. The van der Waals surface area contributed by atoms with Gasteiger partial charge in [0.25, 0.3) is 5.56 Å². The summed E-state index contributed by atoms with van der Waals surface area (Å²) in [6.07, 6.45) is 2.84. The van der Waals surface area contributed by atoms with Crippen molar-refractivity contribution >= 4 is 11.3 Å². The minimum absolute atomic E-state index is 0.331. The molecule has 2 aliphatic rings. The van der Waals surface area contributed by atoms with Crippen LogP contribution >= 0.6 is 0 Å². The summed E-state index contributed by atoms with van der Waals surface area (Å²) in [5.74, 6) is 0. The molecule has 0 spiro atoms. The quantitative estimate of drug-likeness (QED) is 0.835. The van der Waals surface area contributed by atoms with Crippen LogP contribution in [0.2, 0.25) is 0 Å². The molecule has 2 N–H and O–H groups in total. The van der Waals surface area contributed by atoms with Crippen LogP contribution in [0.15, 0.2) is 59.3 Å². The Hall–Kier alpha value is -3.16. The number of aromatic amines is 1. The second-order valence-electron chi connectivity index (χ2n) is 5.76. The van der Waals surface area contributed by atoms with Gasteiger partial charge >= 0.3 is 6.18 Å². The van der Waals surface area contributed by atoms with Gasteiger partial charge in [0.15, 0.2) is 0 Å². The Morgan fingerprint density at radius 3 is 2.52 bits per heavy atom. The van der Waals surface area contributed by atoms with Crippen molar-refractivity contribution in [2.24, 2.45) is 0 Å². The van der Waals surface area contributed by atoms with Crippen molar-refractivity contribution in [3.05, 3.63) is 76.1 Å². The van der Waals surface area contributed by atoms with E-state index in [-0.39, 0.29) is 5.56 Å². The summed E-state index contributed by atoms with van der Waals surface area (Å²) in [5, 5.41) is 6.10. The third-order valence-corrected chi connectivity index (χ3v) is 4.15. The molecular formula is C17H13F3N4O. The van der Waals surface area contributed by atoms with E-state index >= 15 is 0 Å². The number of rotatable bonds is 1. The molecule has 2 aromatic rings. The third-order valence-electron chi connectivity index (χ3n) is 4.15. The first-order chi connectivity index (χ1) is 11.9. The zero-order valence-corrected chi connectivity index (χ0v) is 13.1. The normalized spacial score (nSPS) is 15.9. The van der Waals surface area contributed by atoms with E-state index in [1.165, 1.54) is 16.8 Å². The lowest BCUT2D eigenvalue weighted by Gasteiger charge is -2.25. The van der Waals surface area contributed by atoms with Crippen molar-refractivity contribution in [1.29, 1.82) is 0 Å². The Bertz CT molecular complexity index is 990. The van der Waals surface area contributed by atoms with Crippen LogP contribution < -0.4 is 15.8 Å². The second kappa shape index (κ2) is 5.17. The van der Waals surface area contributed by atoms with Crippen LogP contribution in [0.4, 0.5) is 18.9 Å². The van der Waals surface area contributed by atoms with E-state index in [9.17, 15) is 18.0 Å². The van der Waals surface area contributed by atoms with Gasteiger partial charge < -0.3 is 10.2 Å². The SMILES string of the molecule is CN1C=C2NC=CC=C2c2[nH]n(-c3ccc(C(F)(F)F)cc3)c(=O)c21. The van der Waals surface area contributed by atoms with Gasteiger partial charge in [-0.3, -0.25) is 9.89 Å².